The van der Waals surface area contributed by atoms with Crippen molar-refractivity contribution in [2.24, 2.45) is 0 Å². The molecule has 0 radical (unpaired) electrons. The minimum Gasteiger partial charge on any atom is -0.360 e. The van der Waals surface area contributed by atoms with E-state index in [1.165, 1.54) is 18.2 Å². The van der Waals surface area contributed by atoms with E-state index < -0.39 is 33.3 Å². The first kappa shape index (κ1) is 17.2. The molecule has 3 aromatic rings. The molecule has 1 amide bonds. The Morgan fingerprint density at radius 3 is 2.62 bits per heavy atom. The summed E-state index contributed by atoms with van der Waals surface area (Å²) in [5.41, 5.74) is -0.810. The molecule has 2 aromatic carbocycles. The van der Waals surface area contributed by atoms with Gasteiger partial charge in [0.05, 0.1) is 15.8 Å². The number of pyridine rings is 1. The van der Waals surface area contributed by atoms with E-state index in [2.05, 4.69) is 10.3 Å². The van der Waals surface area contributed by atoms with Gasteiger partial charge in [0.1, 0.15) is 17.2 Å². The molecule has 0 bridgehead atoms. The molecule has 7 nitrogen and oxygen atoms in total. The molecule has 0 fully saturated rings. The fourth-order valence-electron chi connectivity index (χ4n) is 2.53. The molecular formula is C17H11F2N3O4. The van der Waals surface area contributed by atoms with E-state index in [0.717, 1.165) is 12.3 Å². The third-order valence-electron chi connectivity index (χ3n) is 3.81. The second-order valence-corrected chi connectivity index (χ2v) is 5.55. The Morgan fingerprint density at radius 2 is 1.96 bits per heavy atom. The lowest BCUT2D eigenvalue weighted by Crippen LogP contribution is -2.23. The zero-order valence-corrected chi connectivity index (χ0v) is 13.3. The van der Waals surface area contributed by atoms with Gasteiger partial charge in [-0.25, -0.2) is 8.78 Å². The molecular weight excluding hydrogens is 348 g/mol. The Morgan fingerprint density at radius 1 is 1.23 bits per heavy atom. The van der Waals surface area contributed by atoms with Crippen LogP contribution >= 0.6 is 0 Å². The molecule has 2 N–H and O–H groups in total. The van der Waals surface area contributed by atoms with Crippen LogP contribution in [-0.2, 0) is 0 Å². The molecule has 3 rings (SSSR count). The standard InChI is InChI=1S/C17H11F2N3O4/c1-8-4-10(22(25)26)2-3-13(8)21-17(24)11-7-20-14-6-9(18)5-12(19)15(14)16(11)23/h2-7H,1H3,(H,20,23)(H,21,24). The first-order chi connectivity index (χ1) is 12.3. The van der Waals surface area contributed by atoms with Gasteiger partial charge in [0, 0.05) is 30.1 Å². The van der Waals surface area contributed by atoms with Gasteiger partial charge in [0.2, 0.25) is 5.43 Å². The van der Waals surface area contributed by atoms with E-state index in [-0.39, 0.29) is 22.5 Å². The number of fused-ring (bicyclic) bond motifs is 1. The first-order valence-electron chi connectivity index (χ1n) is 7.35. The number of hydrogen-bond donors (Lipinski definition) is 2. The Kier molecular flexibility index (Phi) is 4.21. The number of carbonyl (C=O) groups excluding carboxylic acids is 1. The maximum Gasteiger partial charge on any atom is 0.269 e. The number of aryl methyl sites for hydroxylation is 1. The van der Waals surface area contributed by atoms with Crippen LogP contribution in [0.3, 0.4) is 0 Å². The monoisotopic (exact) mass is 359 g/mol. The van der Waals surface area contributed by atoms with Crippen molar-refractivity contribution >= 4 is 28.2 Å². The van der Waals surface area contributed by atoms with Crippen molar-refractivity contribution in [2.45, 2.75) is 6.92 Å². The number of rotatable bonds is 3. The lowest BCUT2D eigenvalue weighted by atomic mass is 10.1. The van der Waals surface area contributed by atoms with E-state index in [1.807, 2.05) is 0 Å². The van der Waals surface area contributed by atoms with Crippen molar-refractivity contribution in [3.8, 4) is 0 Å². The molecule has 0 saturated heterocycles. The molecule has 0 aliphatic heterocycles. The van der Waals surface area contributed by atoms with Gasteiger partial charge in [-0.3, -0.25) is 19.7 Å². The van der Waals surface area contributed by atoms with E-state index >= 15 is 0 Å². The highest BCUT2D eigenvalue weighted by Gasteiger charge is 2.18. The summed E-state index contributed by atoms with van der Waals surface area (Å²) in [6.07, 6.45) is 1.06. The summed E-state index contributed by atoms with van der Waals surface area (Å²) in [6, 6.07) is 5.30. The second kappa shape index (κ2) is 6.36. The molecule has 0 aliphatic rings. The van der Waals surface area contributed by atoms with Crippen LogP contribution in [0.2, 0.25) is 0 Å². The van der Waals surface area contributed by atoms with Crippen LogP contribution < -0.4 is 10.7 Å². The number of benzene rings is 2. The summed E-state index contributed by atoms with van der Waals surface area (Å²) >= 11 is 0. The number of aromatic nitrogens is 1. The van der Waals surface area contributed by atoms with Gasteiger partial charge < -0.3 is 10.3 Å². The molecule has 132 valence electrons. The van der Waals surface area contributed by atoms with Crippen molar-refractivity contribution in [3.63, 3.8) is 0 Å². The molecule has 0 unspecified atom stereocenters. The van der Waals surface area contributed by atoms with Gasteiger partial charge in [0.15, 0.2) is 0 Å². The molecule has 0 aliphatic carbocycles. The van der Waals surface area contributed by atoms with Gasteiger partial charge in [-0.2, -0.15) is 0 Å². The number of nitrogens with one attached hydrogen (secondary N) is 2. The van der Waals surface area contributed by atoms with Crippen molar-refractivity contribution < 1.29 is 18.5 Å². The largest absolute Gasteiger partial charge is 0.360 e. The highest BCUT2D eigenvalue weighted by Crippen LogP contribution is 2.22. The minimum absolute atomic E-state index is 0.0735. The zero-order valence-electron chi connectivity index (χ0n) is 13.3. The average molecular weight is 359 g/mol. The summed E-state index contributed by atoms with van der Waals surface area (Å²) in [5, 5.41) is 12.8. The maximum absolute atomic E-state index is 13.9. The zero-order chi connectivity index (χ0) is 19.0. The molecule has 0 atom stereocenters. The summed E-state index contributed by atoms with van der Waals surface area (Å²) in [5.74, 6) is -2.76. The van der Waals surface area contributed by atoms with Crippen molar-refractivity contribution in [1.82, 2.24) is 4.98 Å². The number of nitro benzene ring substituents is 1. The summed E-state index contributed by atoms with van der Waals surface area (Å²) in [4.78, 5) is 37.4. The van der Waals surface area contributed by atoms with Crippen molar-refractivity contribution in [2.75, 3.05) is 5.32 Å². The molecule has 1 aromatic heterocycles. The highest BCUT2D eigenvalue weighted by atomic mass is 19.1. The predicted molar refractivity (Wildman–Crippen MR) is 90.3 cm³/mol. The molecule has 1 heterocycles. The Labute approximate surface area is 144 Å². The molecule has 0 spiro atoms. The number of hydrogen-bond acceptors (Lipinski definition) is 4. The topological polar surface area (TPSA) is 105 Å². The van der Waals surface area contributed by atoms with Crippen molar-refractivity contribution in [3.05, 3.63) is 79.6 Å². The van der Waals surface area contributed by atoms with Crippen LogP contribution in [0.5, 0.6) is 0 Å². The quantitative estimate of drug-likeness (QED) is 0.553. The number of non-ortho nitro benzene ring substituents is 1. The average Bonchev–Trinajstić information content (AvgIpc) is 2.55. The Hall–Kier alpha value is -3.62. The number of H-pyrrole nitrogens is 1. The number of nitrogens with zero attached hydrogens (tertiary/aromatic N) is 1. The summed E-state index contributed by atoms with van der Waals surface area (Å²) in [7, 11) is 0. The highest BCUT2D eigenvalue weighted by molar-refractivity contribution is 6.06. The van der Waals surface area contributed by atoms with Crippen LogP contribution in [0.15, 0.2) is 41.3 Å². The Balaban J connectivity index is 2.00. The lowest BCUT2D eigenvalue weighted by Gasteiger charge is -2.09. The number of halogens is 2. The van der Waals surface area contributed by atoms with Gasteiger partial charge in [-0.1, -0.05) is 0 Å². The number of nitro groups is 1. The van der Waals surface area contributed by atoms with Crippen LogP contribution in [0.4, 0.5) is 20.2 Å². The van der Waals surface area contributed by atoms with E-state index in [0.29, 0.717) is 11.6 Å². The fourth-order valence-corrected chi connectivity index (χ4v) is 2.53. The SMILES string of the molecule is Cc1cc([N+](=O)[O-])ccc1NC(=O)c1c[nH]c2cc(F)cc(F)c2c1=O. The molecule has 9 heteroatoms. The second-order valence-electron chi connectivity index (χ2n) is 5.55. The molecule has 0 saturated carbocycles. The lowest BCUT2D eigenvalue weighted by molar-refractivity contribution is -0.384. The van der Waals surface area contributed by atoms with Crippen LogP contribution in [0.25, 0.3) is 10.9 Å². The fraction of sp³-hybridized carbons (Fsp3) is 0.0588. The third-order valence-corrected chi connectivity index (χ3v) is 3.81. The number of aromatic amines is 1. The number of anilines is 1. The normalized spacial score (nSPS) is 10.7. The van der Waals surface area contributed by atoms with E-state index in [9.17, 15) is 28.5 Å². The van der Waals surface area contributed by atoms with E-state index in [4.69, 9.17) is 0 Å². The van der Waals surface area contributed by atoms with Gasteiger partial charge in [-0.05, 0) is 24.6 Å². The van der Waals surface area contributed by atoms with Gasteiger partial charge in [-0.15, -0.1) is 0 Å². The smallest absolute Gasteiger partial charge is 0.269 e. The number of carbonyl (C=O) groups is 1. The summed E-state index contributed by atoms with van der Waals surface area (Å²) in [6.45, 7) is 1.55. The minimum atomic E-state index is -1.08. The van der Waals surface area contributed by atoms with Crippen LogP contribution in [0.1, 0.15) is 15.9 Å². The first-order valence-corrected chi connectivity index (χ1v) is 7.35. The van der Waals surface area contributed by atoms with Crippen LogP contribution in [0, 0.1) is 28.7 Å². The number of amides is 1. The predicted octanol–water partition coefficient (Wildman–Crippen LogP) is 3.28. The summed E-state index contributed by atoms with van der Waals surface area (Å²) < 4.78 is 27.1. The third kappa shape index (κ3) is 3.02. The van der Waals surface area contributed by atoms with Gasteiger partial charge in [0.25, 0.3) is 11.6 Å². The van der Waals surface area contributed by atoms with E-state index in [1.54, 1.807) is 6.92 Å². The maximum atomic E-state index is 13.9. The van der Waals surface area contributed by atoms with Crippen LogP contribution in [-0.4, -0.2) is 15.8 Å². The van der Waals surface area contributed by atoms with Gasteiger partial charge >= 0.3 is 0 Å². The molecule has 26 heavy (non-hydrogen) atoms. The van der Waals surface area contributed by atoms with Crippen molar-refractivity contribution in [1.29, 1.82) is 0 Å². The Bertz CT molecular complexity index is 1120.